The van der Waals surface area contributed by atoms with Crippen LogP contribution in [0.5, 0.6) is 0 Å². The highest BCUT2D eigenvalue weighted by molar-refractivity contribution is 8.15. The molecule has 1 aliphatic heterocycles. The maximum absolute atomic E-state index is 11.8. The molecule has 106 valence electrons. The van der Waals surface area contributed by atoms with E-state index in [1.54, 1.807) is 25.1 Å². The molecule has 0 spiro atoms. The van der Waals surface area contributed by atoms with Gasteiger partial charge in [0.05, 0.1) is 18.0 Å². The SMILES string of the molecule is CCOC(=O)C1=C(O)CSC1=Nc1ccc(Cl)cc1C. The molecule has 0 saturated carbocycles. The lowest BCUT2D eigenvalue weighted by Crippen LogP contribution is -2.13. The van der Waals surface area contributed by atoms with Crippen molar-refractivity contribution in [2.75, 3.05) is 12.4 Å². The number of nitrogens with zero attached hydrogens (tertiary/aromatic N) is 1. The first kappa shape index (κ1) is 14.9. The number of hydrogen-bond acceptors (Lipinski definition) is 5. The van der Waals surface area contributed by atoms with Crippen molar-refractivity contribution in [3.8, 4) is 0 Å². The zero-order valence-corrected chi connectivity index (χ0v) is 12.7. The molecule has 1 aliphatic rings. The number of rotatable bonds is 3. The number of aliphatic hydroxyl groups is 1. The Labute approximate surface area is 126 Å². The predicted octanol–water partition coefficient (Wildman–Crippen LogP) is 3.80. The van der Waals surface area contributed by atoms with Crippen LogP contribution in [0, 0.1) is 6.92 Å². The molecule has 1 aromatic carbocycles. The van der Waals surface area contributed by atoms with Gasteiger partial charge in [0.15, 0.2) is 0 Å². The largest absolute Gasteiger partial charge is 0.510 e. The summed E-state index contributed by atoms with van der Waals surface area (Å²) in [5.74, 6) is -0.196. The number of esters is 1. The van der Waals surface area contributed by atoms with Gasteiger partial charge in [-0.2, -0.15) is 0 Å². The van der Waals surface area contributed by atoms with Gasteiger partial charge in [0, 0.05) is 5.02 Å². The third-order valence-electron chi connectivity index (χ3n) is 2.71. The summed E-state index contributed by atoms with van der Waals surface area (Å²) in [5.41, 5.74) is 1.78. The molecule has 0 amide bonds. The third kappa shape index (κ3) is 3.16. The number of thioether (sulfide) groups is 1. The van der Waals surface area contributed by atoms with Crippen molar-refractivity contribution in [3.05, 3.63) is 40.1 Å². The second-order valence-corrected chi connectivity index (χ2v) is 5.58. The van der Waals surface area contributed by atoms with Crippen LogP contribution in [0.1, 0.15) is 12.5 Å². The molecule has 4 nitrogen and oxygen atoms in total. The molecule has 0 bridgehead atoms. The molecule has 0 unspecified atom stereocenters. The summed E-state index contributed by atoms with van der Waals surface area (Å²) in [5, 5.41) is 10.9. The van der Waals surface area contributed by atoms with Crippen LogP contribution in [0.4, 0.5) is 5.69 Å². The summed E-state index contributed by atoms with van der Waals surface area (Å²) < 4.78 is 4.94. The van der Waals surface area contributed by atoms with Gasteiger partial charge in [-0.05, 0) is 37.6 Å². The van der Waals surface area contributed by atoms with Crippen LogP contribution in [-0.4, -0.2) is 28.5 Å². The minimum absolute atomic E-state index is 0.0128. The smallest absolute Gasteiger partial charge is 0.344 e. The van der Waals surface area contributed by atoms with Gasteiger partial charge in [-0.25, -0.2) is 9.79 Å². The molecule has 1 heterocycles. The first-order valence-electron chi connectivity index (χ1n) is 6.10. The first-order chi connectivity index (χ1) is 9.52. The van der Waals surface area contributed by atoms with E-state index in [1.165, 1.54) is 11.8 Å². The average Bonchev–Trinajstić information content (AvgIpc) is 2.74. The Morgan fingerprint density at radius 3 is 2.95 bits per heavy atom. The summed E-state index contributed by atoms with van der Waals surface area (Å²) >= 11 is 7.21. The molecule has 20 heavy (non-hydrogen) atoms. The van der Waals surface area contributed by atoms with Gasteiger partial charge in [-0.3, -0.25) is 0 Å². The summed E-state index contributed by atoms with van der Waals surface area (Å²) in [4.78, 5) is 16.3. The Balaban J connectivity index is 2.36. The van der Waals surface area contributed by atoms with Crippen molar-refractivity contribution in [1.29, 1.82) is 0 Å². The Hall–Kier alpha value is -1.46. The summed E-state index contributed by atoms with van der Waals surface area (Å²) in [6.45, 7) is 3.86. The van der Waals surface area contributed by atoms with E-state index in [0.29, 0.717) is 21.5 Å². The summed E-state index contributed by atoms with van der Waals surface area (Å²) in [7, 11) is 0. The van der Waals surface area contributed by atoms with Gasteiger partial charge in [0.1, 0.15) is 16.4 Å². The highest BCUT2D eigenvalue weighted by atomic mass is 35.5. The fraction of sp³-hybridized carbons (Fsp3) is 0.286. The summed E-state index contributed by atoms with van der Waals surface area (Å²) in [6.07, 6.45) is 0. The number of aliphatic imine (C=N–C) groups is 1. The molecule has 1 N–H and O–H groups in total. The molecule has 2 rings (SSSR count). The van der Waals surface area contributed by atoms with Crippen LogP contribution in [0.15, 0.2) is 34.5 Å². The van der Waals surface area contributed by atoms with E-state index in [-0.39, 0.29) is 17.9 Å². The number of halogens is 1. The van der Waals surface area contributed by atoms with Crippen molar-refractivity contribution >= 4 is 40.1 Å². The lowest BCUT2D eigenvalue weighted by molar-refractivity contribution is -0.138. The number of benzene rings is 1. The quantitative estimate of drug-likeness (QED) is 0.863. The van der Waals surface area contributed by atoms with E-state index in [0.717, 1.165) is 5.56 Å². The Bertz CT molecular complexity index is 610. The van der Waals surface area contributed by atoms with E-state index in [4.69, 9.17) is 16.3 Å². The number of aryl methyl sites for hydroxylation is 1. The second-order valence-electron chi connectivity index (χ2n) is 4.18. The third-order valence-corrected chi connectivity index (χ3v) is 3.93. The fourth-order valence-corrected chi connectivity index (χ4v) is 2.91. The average molecular weight is 312 g/mol. The molecule has 0 fully saturated rings. The van der Waals surface area contributed by atoms with E-state index >= 15 is 0 Å². The summed E-state index contributed by atoms with van der Waals surface area (Å²) in [6, 6.07) is 5.32. The van der Waals surface area contributed by atoms with Crippen LogP contribution >= 0.6 is 23.4 Å². The monoisotopic (exact) mass is 311 g/mol. The van der Waals surface area contributed by atoms with Gasteiger partial charge < -0.3 is 9.84 Å². The Morgan fingerprint density at radius 1 is 1.55 bits per heavy atom. The maximum Gasteiger partial charge on any atom is 0.344 e. The number of ether oxygens (including phenoxy) is 1. The molecule has 6 heteroatoms. The molecule has 0 atom stereocenters. The van der Waals surface area contributed by atoms with E-state index in [1.807, 2.05) is 6.92 Å². The maximum atomic E-state index is 11.8. The van der Waals surface area contributed by atoms with Crippen molar-refractivity contribution in [3.63, 3.8) is 0 Å². The Kier molecular flexibility index (Phi) is 4.73. The van der Waals surface area contributed by atoms with Crippen LogP contribution in [-0.2, 0) is 9.53 Å². The van der Waals surface area contributed by atoms with Crippen LogP contribution in [0.3, 0.4) is 0 Å². The Morgan fingerprint density at radius 2 is 2.30 bits per heavy atom. The molecule has 0 aromatic heterocycles. The number of carbonyl (C=O) groups is 1. The molecule has 0 aliphatic carbocycles. The number of aliphatic hydroxyl groups excluding tert-OH is 1. The van der Waals surface area contributed by atoms with Crippen LogP contribution in [0.2, 0.25) is 5.02 Å². The molecular weight excluding hydrogens is 298 g/mol. The minimum Gasteiger partial charge on any atom is -0.510 e. The van der Waals surface area contributed by atoms with E-state index in [9.17, 15) is 9.90 Å². The van der Waals surface area contributed by atoms with Crippen molar-refractivity contribution in [2.45, 2.75) is 13.8 Å². The zero-order valence-electron chi connectivity index (χ0n) is 11.1. The number of carbonyl (C=O) groups excluding carboxylic acids is 1. The molecule has 0 radical (unpaired) electrons. The lowest BCUT2D eigenvalue weighted by atomic mass is 10.2. The highest BCUT2D eigenvalue weighted by Crippen LogP contribution is 2.31. The van der Waals surface area contributed by atoms with Gasteiger partial charge in [0.2, 0.25) is 0 Å². The van der Waals surface area contributed by atoms with E-state index in [2.05, 4.69) is 4.99 Å². The van der Waals surface area contributed by atoms with Crippen LogP contribution in [0.25, 0.3) is 0 Å². The van der Waals surface area contributed by atoms with Crippen molar-refractivity contribution < 1.29 is 14.6 Å². The minimum atomic E-state index is -0.541. The highest BCUT2D eigenvalue weighted by Gasteiger charge is 2.29. The van der Waals surface area contributed by atoms with Gasteiger partial charge in [-0.1, -0.05) is 23.4 Å². The standard InChI is InChI=1S/C14H14ClNO3S/c1-3-19-14(18)12-11(17)7-20-13(12)16-10-5-4-9(15)6-8(10)2/h4-6,17H,3,7H2,1-2H3. The van der Waals surface area contributed by atoms with Gasteiger partial charge >= 0.3 is 5.97 Å². The molecular formula is C14H14ClNO3S. The fourth-order valence-electron chi connectivity index (χ4n) is 1.75. The molecule has 0 saturated heterocycles. The number of hydrogen-bond donors (Lipinski definition) is 1. The van der Waals surface area contributed by atoms with Gasteiger partial charge in [0.25, 0.3) is 0 Å². The van der Waals surface area contributed by atoms with Gasteiger partial charge in [-0.15, -0.1) is 0 Å². The van der Waals surface area contributed by atoms with Crippen LogP contribution < -0.4 is 0 Å². The normalized spacial score (nSPS) is 16.9. The topological polar surface area (TPSA) is 58.9 Å². The second kappa shape index (κ2) is 6.33. The van der Waals surface area contributed by atoms with E-state index < -0.39 is 5.97 Å². The van der Waals surface area contributed by atoms with Crippen molar-refractivity contribution in [2.24, 2.45) is 4.99 Å². The zero-order chi connectivity index (χ0) is 14.7. The van der Waals surface area contributed by atoms with Crippen molar-refractivity contribution in [1.82, 2.24) is 0 Å². The predicted molar refractivity (Wildman–Crippen MR) is 82.0 cm³/mol. The first-order valence-corrected chi connectivity index (χ1v) is 7.46. The molecule has 1 aromatic rings. The lowest BCUT2D eigenvalue weighted by Gasteiger charge is -2.06.